The van der Waals surface area contributed by atoms with Gasteiger partial charge in [0.15, 0.2) is 0 Å². The highest BCUT2D eigenvalue weighted by molar-refractivity contribution is 4.75. The summed E-state index contributed by atoms with van der Waals surface area (Å²) in [6.07, 6.45) is 2.70. The molecule has 0 saturated heterocycles. The smallest absolute Gasteiger partial charge is 0.0113 e. The molecule has 1 nitrogen and oxygen atoms in total. The van der Waals surface area contributed by atoms with Crippen molar-refractivity contribution in [3.05, 3.63) is 0 Å². The Morgan fingerprint density at radius 2 is 1.46 bits per heavy atom. The van der Waals surface area contributed by atoms with Crippen LogP contribution in [-0.4, -0.2) is 13.1 Å². The molecule has 2 unspecified atom stereocenters. The summed E-state index contributed by atoms with van der Waals surface area (Å²) in [5.41, 5.74) is 0. The minimum absolute atomic E-state index is 0.679. The highest BCUT2D eigenvalue weighted by atomic mass is 14.9. The fourth-order valence-corrected chi connectivity index (χ4v) is 2.05. The quantitative estimate of drug-likeness (QED) is 0.669. The third-order valence-electron chi connectivity index (χ3n) is 2.86. The molecular formula is C12H27N. The molecule has 1 heteroatoms. The highest BCUT2D eigenvalue weighted by Crippen LogP contribution is 2.19. The van der Waals surface area contributed by atoms with E-state index in [0.29, 0.717) is 6.04 Å². The lowest BCUT2D eigenvalue weighted by molar-refractivity contribution is 0.287. The van der Waals surface area contributed by atoms with Gasteiger partial charge in [-0.05, 0) is 31.2 Å². The van der Waals surface area contributed by atoms with Crippen LogP contribution >= 0.6 is 0 Å². The molecule has 13 heavy (non-hydrogen) atoms. The van der Waals surface area contributed by atoms with E-state index in [1.54, 1.807) is 0 Å². The molecule has 2 atom stereocenters. The van der Waals surface area contributed by atoms with Crippen molar-refractivity contribution in [3.8, 4) is 0 Å². The molecular weight excluding hydrogens is 158 g/mol. The van der Waals surface area contributed by atoms with Gasteiger partial charge in [0.25, 0.3) is 0 Å². The van der Waals surface area contributed by atoms with E-state index < -0.39 is 0 Å². The number of hydrogen-bond donors (Lipinski definition) is 1. The maximum absolute atomic E-state index is 3.42. The monoisotopic (exact) mass is 185 g/mol. The van der Waals surface area contributed by atoms with Crippen LogP contribution in [0.5, 0.6) is 0 Å². The van der Waals surface area contributed by atoms with Crippen molar-refractivity contribution in [2.45, 2.75) is 53.5 Å². The van der Waals surface area contributed by atoms with E-state index in [2.05, 4.69) is 47.0 Å². The Kier molecular flexibility index (Phi) is 6.40. The molecule has 1 N–H and O–H groups in total. The molecule has 0 aromatic rings. The van der Waals surface area contributed by atoms with Crippen molar-refractivity contribution < 1.29 is 0 Å². The molecule has 0 heterocycles. The van der Waals surface area contributed by atoms with Gasteiger partial charge in [-0.25, -0.2) is 0 Å². The minimum atomic E-state index is 0.679. The Morgan fingerprint density at radius 1 is 0.923 bits per heavy atom. The standard InChI is InChI=1S/C12H27N/c1-9(2)7-8-11(5)12(13-6)10(3)4/h9-13H,7-8H2,1-6H3. The SMILES string of the molecule is CNC(C(C)C)C(C)CCC(C)C. The van der Waals surface area contributed by atoms with Gasteiger partial charge in [-0.15, -0.1) is 0 Å². The Hall–Kier alpha value is -0.0400. The number of rotatable bonds is 6. The maximum Gasteiger partial charge on any atom is 0.0113 e. The topological polar surface area (TPSA) is 12.0 Å². The van der Waals surface area contributed by atoms with Crippen molar-refractivity contribution in [2.24, 2.45) is 17.8 Å². The van der Waals surface area contributed by atoms with Crippen LogP contribution < -0.4 is 5.32 Å². The molecule has 0 aromatic heterocycles. The van der Waals surface area contributed by atoms with Crippen molar-refractivity contribution in [3.63, 3.8) is 0 Å². The van der Waals surface area contributed by atoms with Gasteiger partial charge in [-0.3, -0.25) is 0 Å². The lowest BCUT2D eigenvalue weighted by Gasteiger charge is -2.27. The van der Waals surface area contributed by atoms with Gasteiger partial charge in [0.05, 0.1) is 0 Å². The number of hydrogen-bond acceptors (Lipinski definition) is 1. The van der Waals surface area contributed by atoms with Crippen LogP contribution in [0.4, 0.5) is 0 Å². The molecule has 0 aromatic carbocycles. The summed E-state index contributed by atoms with van der Waals surface area (Å²) in [6, 6.07) is 0.679. The Morgan fingerprint density at radius 3 is 1.77 bits per heavy atom. The molecule has 0 rings (SSSR count). The second-order valence-corrected chi connectivity index (χ2v) is 5.01. The van der Waals surface area contributed by atoms with E-state index >= 15 is 0 Å². The molecule has 0 bridgehead atoms. The first-order chi connectivity index (χ1) is 5.99. The molecule has 0 fully saturated rings. The Labute approximate surface area is 84.3 Å². The van der Waals surface area contributed by atoms with Crippen molar-refractivity contribution in [1.82, 2.24) is 5.32 Å². The maximum atomic E-state index is 3.42. The predicted octanol–water partition coefficient (Wildman–Crippen LogP) is 3.30. The van der Waals surface area contributed by atoms with Crippen LogP contribution in [0.15, 0.2) is 0 Å². The largest absolute Gasteiger partial charge is 0.316 e. The molecule has 0 amide bonds. The first kappa shape index (κ1) is 13.0. The van der Waals surface area contributed by atoms with Gasteiger partial charge in [-0.2, -0.15) is 0 Å². The third kappa shape index (κ3) is 5.30. The first-order valence-electron chi connectivity index (χ1n) is 5.66. The molecule has 0 saturated carbocycles. The predicted molar refractivity (Wildman–Crippen MR) is 60.9 cm³/mol. The molecule has 0 aliphatic rings. The normalized spacial score (nSPS) is 16.6. The molecule has 0 spiro atoms. The van der Waals surface area contributed by atoms with Gasteiger partial charge < -0.3 is 5.32 Å². The summed E-state index contributed by atoms with van der Waals surface area (Å²) in [5.74, 6) is 2.38. The van der Waals surface area contributed by atoms with E-state index in [1.807, 2.05) is 0 Å². The average Bonchev–Trinajstić information content (AvgIpc) is 2.01. The zero-order valence-electron chi connectivity index (χ0n) is 10.2. The van der Waals surface area contributed by atoms with E-state index in [4.69, 9.17) is 0 Å². The summed E-state index contributed by atoms with van der Waals surface area (Å²) in [7, 11) is 2.08. The lowest BCUT2D eigenvalue weighted by atomic mass is 9.87. The summed E-state index contributed by atoms with van der Waals surface area (Å²) >= 11 is 0. The van der Waals surface area contributed by atoms with Crippen LogP contribution in [0.2, 0.25) is 0 Å². The van der Waals surface area contributed by atoms with Gasteiger partial charge in [0.2, 0.25) is 0 Å². The Bertz CT molecular complexity index is 118. The first-order valence-corrected chi connectivity index (χ1v) is 5.66. The molecule has 80 valence electrons. The second-order valence-electron chi connectivity index (χ2n) is 5.01. The van der Waals surface area contributed by atoms with Crippen LogP contribution in [-0.2, 0) is 0 Å². The molecule has 0 aliphatic carbocycles. The molecule has 0 radical (unpaired) electrons. The molecule has 0 aliphatic heterocycles. The van der Waals surface area contributed by atoms with Gasteiger partial charge in [0.1, 0.15) is 0 Å². The second kappa shape index (κ2) is 6.42. The fourth-order valence-electron chi connectivity index (χ4n) is 2.05. The summed E-state index contributed by atoms with van der Waals surface area (Å²) < 4.78 is 0. The number of nitrogens with one attached hydrogen (secondary N) is 1. The lowest BCUT2D eigenvalue weighted by Crippen LogP contribution is -2.36. The highest BCUT2D eigenvalue weighted by Gasteiger charge is 2.18. The van der Waals surface area contributed by atoms with E-state index in [9.17, 15) is 0 Å². The van der Waals surface area contributed by atoms with Crippen LogP contribution in [0, 0.1) is 17.8 Å². The minimum Gasteiger partial charge on any atom is -0.316 e. The van der Waals surface area contributed by atoms with Gasteiger partial charge >= 0.3 is 0 Å². The van der Waals surface area contributed by atoms with Gasteiger partial charge in [0, 0.05) is 6.04 Å². The van der Waals surface area contributed by atoms with Crippen molar-refractivity contribution >= 4 is 0 Å². The third-order valence-corrected chi connectivity index (χ3v) is 2.86. The summed E-state index contributed by atoms with van der Waals surface area (Å²) in [4.78, 5) is 0. The summed E-state index contributed by atoms with van der Waals surface area (Å²) in [6.45, 7) is 11.6. The average molecular weight is 185 g/mol. The van der Waals surface area contributed by atoms with E-state index in [1.165, 1.54) is 12.8 Å². The Balaban J connectivity index is 3.84. The zero-order valence-corrected chi connectivity index (χ0v) is 10.2. The van der Waals surface area contributed by atoms with Crippen molar-refractivity contribution in [1.29, 1.82) is 0 Å². The van der Waals surface area contributed by atoms with E-state index in [-0.39, 0.29) is 0 Å². The van der Waals surface area contributed by atoms with Gasteiger partial charge in [-0.1, -0.05) is 41.0 Å². The van der Waals surface area contributed by atoms with E-state index in [0.717, 1.165) is 17.8 Å². The zero-order chi connectivity index (χ0) is 10.4. The summed E-state index contributed by atoms with van der Waals surface area (Å²) in [5, 5.41) is 3.42. The van der Waals surface area contributed by atoms with Crippen molar-refractivity contribution in [2.75, 3.05) is 7.05 Å². The van der Waals surface area contributed by atoms with Crippen LogP contribution in [0.25, 0.3) is 0 Å². The van der Waals surface area contributed by atoms with Crippen LogP contribution in [0.1, 0.15) is 47.5 Å². The fraction of sp³-hybridized carbons (Fsp3) is 1.00. The van der Waals surface area contributed by atoms with Crippen LogP contribution in [0.3, 0.4) is 0 Å².